The molecule has 1 heterocycles. The molecule has 0 amide bonds. The average Bonchev–Trinajstić information content (AvgIpc) is 2.80. The van der Waals surface area contributed by atoms with Crippen LogP contribution in [0.2, 0.25) is 0 Å². The molecule has 1 fully saturated rings. The van der Waals surface area contributed by atoms with Crippen molar-refractivity contribution in [3.8, 4) is 0 Å². The van der Waals surface area contributed by atoms with Crippen LogP contribution in [0.1, 0.15) is 18.4 Å². The van der Waals surface area contributed by atoms with Gasteiger partial charge in [-0.15, -0.1) is 0 Å². The van der Waals surface area contributed by atoms with E-state index in [2.05, 4.69) is 5.32 Å². The molecular weight excluding hydrogens is 237 g/mol. The number of ether oxygens (including phenoxy) is 1. The van der Waals surface area contributed by atoms with E-state index in [1.807, 2.05) is 0 Å². The van der Waals surface area contributed by atoms with Gasteiger partial charge in [0.05, 0.1) is 6.10 Å². The zero-order chi connectivity index (χ0) is 13.1. The van der Waals surface area contributed by atoms with Crippen LogP contribution in [0, 0.1) is 12.7 Å². The third-order valence-electron chi connectivity index (χ3n) is 3.17. The first-order valence-corrected chi connectivity index (χ1v) is 5.95. The average molecular weight is 253 g/mol. The molecule has 0 aliphatic carbocycles. The highest BCUT2D eigenvalue weighted by atomic mass is 19.1. The van der Waals surface area contributed by atoms with E-state index in [0.29, 0.717) is 24.9 Å². The SMILES string of the molecule is Cc1c(F)cccc1NCC1CCC(C(=O)O)O1. The summed E-state index contributed by atoms with van der Waals surface area (Å²) in [5, 5.41) is 11.9. The highest BCUT2D eigenvalue weighted by Gasteiger charge is 2.30. The van der Waals surface area contributed by atoms with E-state index in [1.54, 1.807) is 19.1 Å². The Labute approximate surface area is 105 Å². The normalized spacial score (nSPS) is 23.0. The van der Waals surface area contributed by atoms with Gasteiger partial charge in [-0.25, -0.2) is 9.18 Å². The molecule has 4 nitrogen and oxygen atoms in total. The fraction of sp³-hybridized carbons (Fsp3) is 0.462. The number of carboxylic acid groups (broad SMARTS) is 1. The highest BCUT2D eigenvalue weighted by molar-refractivity contribution is 5.72. The summed E-state index contributed by atoms with van der Waals surface area (Å²) >= 11 is 0. The van der Waals surface area contributed by atoms with Gasteiger partial charge in [0.25, 0.3) is 0 Å². The summed E-state index contributed by atoms with van der Waals surface area (Å²) in [6.45, 7) is 2.20. The Morgan fingerprint density at radius 2 is 2.33 bits per heavy atom. The Morgan fingerprint density at radius 1 is 1.56 bits per heavy atom. The number of halogens is 1. The van der Waals surface area contributed by atoms with Crippen LogP contribution in [0.4, 0.5) is 10.1 Å². The molecule has 1 aromatic carbocycles. The summed E-state index contributed by atoms with van der Waals surface area (Å²) in [5.41, 5.74) is 1.28. The van der Waals surface area contributed by atoms with Crippen molar-refractivity contribution in [1.29, 1.82) is 0 Å². The first-order chi connectivity index (χ1) is 8.58. The molecule has 2 rings (SSSR count). The summed E-state index contributed by atoms with van der Waals surface area (Å²) in [4.78, 5) is 10.7. The predicted molar refractivity (Wildman–Crippen MR) is 65.2 cm³/mol. The van der Waals surface area contributed by atoms with Crippen molar-refractivity contribution in [2.75, 3.05) is 11.9 Å². The third kappa shape index (κ3) is 2.79. The molecule has 0 saturated carbocycles. The first-order valence-electron chi connectivity index (χ1n) is 5.95. The van der Waals surface area contributed by atoms with Gasteiger partial charge in [-0.05, 0) is 31.9 Å². The summed E-state index contributed by atoms with van der Waals surface area (Å²) in [6.07, 6.45) is 0.404. The van der Waals surface area contributed by atoms with Gasteiger partial charge >= 0.3 is 5.97 Å². The Morgan fingerprint density at radius 3 is 3.00 bits per heavy atom. The topological polar surface area (TPSA) is 58.6 Å². The van der Waals surface area contributed by atoms with E-state index in [-0.39, 0.29) is 11.9 Å². The number of anilines is 1. The summed E-state index contributed by atoms with van der Waals surface area (Å²) < 4.78 is 18.7. The highest BCUT2D eigenvalue weighted by Crippen LogP contribution is 2.22. The standard InChI is InChI=1S/C13H16FNO3/c1-8-10(14)3-2-4-11(8)15-7-9-5-6-12(18-9)13(16)17/h2-4,9,12,15H,5-7H2,1H3,(H,16,17). The maximum absolute atomic E-state index is 13.3. The number of hydrogen-bond donors (Lipinski definition) is 2. The van der Waals surface area contributed by atoms with Crippen molar-refractivity contribution >= 4 is 11.7 Å². The fourth-order valence-corrected chi connectivity index (χ4v) is 2.06. The van der Waals surface area contributed by atoms with E-state index in [9.17, 15) is 9.18 Å². The minimum atomic E-state index is -0.917. The van der Waals surface area contributed by atoms with E-state index in [4.69, 9.17) is 9.84 Å². The van der Waals surface area contributed by atoms with Crippen molar-refractivity contribution in [2.24, 2.45) is 0 Å². The predicted octanol–water partition coefficient (Wildman–Crippen LogP) is 2.18. The maximum atomic E-state index is 13.3. The fourth-order valence-electron chi connectivity index (χ4n) is 2.06. The molecule has 2 unspecified atom stereocenters. The van der Waals surface area contributed by atoms with Gasteiger partial charge in [0, 0.05) is 17.8 Å². The lowest BCUT2D eigenvalue weighted by Crippen LogP contribution is -2.24. The summed E-state index contributed by atoms with van der Waals surface area (Å²) in [5.74, 6) is -1.17. The van der Waals surface area contributed by atoms with Crippen molar-refractivity contribution in [2.45, 2.75) is 32.0 Å². The van der Waals surface area contributed by atoms with E-state index in [1.165, 1.54) is 6.07 Å². The molecule has 1 aromatic rings. The summed E-state index contributed by atoms with van der Waals surface area (Å²) in [6, 6.07) is 4.84. The van der Waals surface area contributed by atoms with Gasteiger partial charge in [0.1, 0.15) is 5.82 Å². The van der Waals surface area contributed by atoms with Gasteiger partial charge in [-0.1, -0.05) is 6.07 Å². The van der Waals surface area contributed by atoms with Crippen LogP contribution in [0.25, 0.3) is 0 Å². The Kier molecular flexibility index (Phi) is 3.81. The van der Waals surface area contributed by atoms with Crippen LogP contribution in [0.5, 0.6) is 0 Å². The van der Waals surface area contributed by atoms with Crippen LogP contribution in [-0.4, -0.2) is 29.8 Å². The van der Waals surface area contributed by atoms with E-state index >= 15 is 0 Å². The molecule has 1 saturated heterocycles. The van der Waals surface area contributed by atoms with Crippen molar-refractivity contribution in [1.82, 2.24) is 0 Å². The Bertz CT molecular complexity index is 450. The lowest BCUT2D eigenvalue weighted by atomic mass is 10.1. The minimum Gasteiger partial charge on any atom is -0.479 e. The molecule has 98 valence electrons. The number of carbonyl (C=O) groups is 1. The minimum absolute atomic E-state index is 0.131. The number of nitrogens with one attached hydrogen (secondary N) is 1. The van der Waals surface area contributed by atoms with Crippen molar-refractivity contribution in [3.63, 3.8) is 0 Å². The van der Waals surface area contributed by atoms with E-state index in [0.717, 1.165) is 5.69 Å². The molecule has 5 heteroatoms. The third-order valence-corrected chi connectivity index (χ3v) is 3.17. The summed E-state index contributed by atoms with van der Waals surface area (Å²) in [7, 11) is 0. The zero-order valence-electron chi connectivity index (χ0n) is 10.1. The number of rotatable bonds is 4. The Balaban J connectivity index is 1.89. The second-order valence-corrected chi connectivity index (χ2v) is 4.46. The number of benzene rings is 1. The van der Waals surface area contributed by atoms with Gasteiger partial charge in [0.2, 0.25) is 0 Å². The van der Waals surface area contributed by atoms with Crippen molar-refractivity contribution in [3.05, 3.63) is 29.6 Å². The number of aliphatic carboxylic acids is 1. The molecule has 0 spiro atoms. The number of carboxylic acids is 1. The van der Waals surface area contributed by atoms with Gasteiger partial charge in [-0.2, -0.15) is 0 Å². The molecule has 0 radical (unpaired) electrons. The van der Waals surface area contributed by atoms with E-state index < -0.39 is 12.1 Å². The molecule has 0 bridgehead atoms. The molecule has 1 aliphatic heterocycles. The number of hydrogen-bond acceptors (Lipinski definition) is 3. The van der Waals surface area contributed by atoms with Crippen LogP contribution < -0.4 is 5.32 Å². The van der Waals surface area contributed by atoms with Crippen LogP contribution in [-0.2, 0) is 9.53 Å². The molecule has 0 aromatic heterocycles. The first kappa shape index (κ1) is 12.8. The second-order valence-electron chi connectivity index (χ2n) is 4.46. The monoisotopic (exact) mass is 253 g/mol. The quantitative estimate of drug-likeness (QED) is 0.863. The molecule has 1 aliphatic rings. The lowest BCUT2D eigenvalue weighted by Gasteiger charge is -2.14. The van der Waals surface area contributed by atoms with Crippen LogP contribution in [0.15, 0.2) is 18.2 Å². The maximum Gasteiger partial charge on any atom is 0.332 e. The van der Waals surface area contributed by atoms with Crippen LogP contribution >= 0.6 is 0 Å². The smallest absolute Gasteiger partial charge is 0.332 e. The second kappa shape index (κ2) is 5.35. The molecular formula is C13H16FNO3. The van der Waals surface area contributed by atoms with Crippen molar-refractivity contribution < 1.29 is 19.0 Å². The lowest BCUT2D eigenvalue weighted by molar-refractivity contribution is -0.149. The van der Waals surface area contributed by atoms with Gasteiger partial charge < -0.3 is 15.2 Å². The Hall–Kier alpha value is -1.62. The molecule has 18 heavy (non-hydrogen) atoms. The molecule has 2 N–H and O–H groups in total. The van der Waals surface area contributed by atoms with Gasteiger partial charge in [0.15, 0.2) is 6.10 Å². The van der Waals surface area contributed by atoms with Gasteiger partial charge in [-0.3, -0.25) is 0 Å². The largest absolute Gasteiger partial charge is 0.479 e. The molecule has 2 atom stereocenters. The zero-order valence-corrected chi connectivity index (χ0v) is 10.1. The van der Waals surface area contributed by atoms with Crippen LogP contribution in [0.3, 0.4) is 0 Å².